The highest BCUT2D eigenvalue weighted by Gasteiger charge is 2.25. The monoisotopic (exact) mass is 417 g/mol. The van der Waals surface area contributed by atoms with Crippen LogP contribution in [0.15, 0.2) is 84.9 Å². The maximum atomic E-state index is 12.7. The predicted octanol–water partition coefficient (Wildman–Crippen LogP) is 1.15. The first kappa shape index (κ1) is 21.1. The number of hydrogen-bond acceptors (Lipinski definition) is 2. The number of carbonyl (C=O) groups is 1. The molecule has 160 valence electrons. The highest BCUT2D eigenvalue weighted by atomic mass is 16.5. The second-order valence-electron chi connectivity index (χ2n) is 8.05. The van der Waals surface area contributed by atoms with Crippen LogP contribution in [0.3, 0.4) is 0 Å². The Balaban J connectivity index is 1.22. The summed E-state index contributed by atoms with van der Waals surface area (Å²) in [6.07, 6.45) is 0. The molecule has 5 nitrogen and oxygen atoms in total. The van der Waals surface area contributed by atoms with Gasteiger partial charge in [0.05, 0.1) is 0 Å². The van der Waals surface area contributed by atoms with E-state index in [-0.39, 0.29) is 5.91 Å². The number of anilines is 1. The van der Waals surface area contributed by atoms with Crippen LogP contribution in [0.25, 0.3) is 11.1 Å². The summed E-state index contributed by atoms with van der Waals surface area (Å²) in [7, 11) is 0. The summed E-state index contributed by atoms with van der Waals surface area (Å²) in [6.45, 7) is 6.40. The van der Waals surface area contributed by atoms with Crippen molar-refractivity contribution in [2.75, 3.05) is 51.2 Å². The van der Waals surface area contributed by atoms with E-state index in [1.54, 1.807) is 4.90 Å². The van der Waals surface area contributed by atoms with Gasteiger partial charge in [0.2, 0.25) is 0 Å². The molecule has 1 fully saturated rings. The van der Waals surface area contributed by atoms with Crippen molar-refractivity contribution in [2.45, 2.75) is 0 Å². The average Bonchev–Trinajstić information content (AvgIpc) is 2.82. The van der Waals surface area contributed by atoms with E-state index in [0.717, 1.165) is 61.9 Å². The van der Waals surface area contributed by atoms with Gasteiger partial charge in [-0.05, 0) is 23.8 Å². The minimum absolute atomic E-state index is 0.0780. The Labute approximate surface area is 184 Å². The Morgan fingerprint density at radius 2 is 1.39 bits per heavy atom. The Hall–Kier alpha value is -3.15. The molecule has 0 spiro atoms. The second-order valence-corrected chi connectivity index (χ2v) is 8.05. The minimum Gasteiger partial charge on any atom is -0.488 e. The van der Waals surface area contributed by atoms with Crippen LogP contribution in [-0.4, -0.2) is 51.8 Å². The molecule has 1 aliphatic rings. The SMILES string of the molecule is O=C(C[NH+]1CC[NH+](CCOc2ccccc2)CC1)Nc1ccccc1-c1ccccc1. The smallest absolute Gasteiger partial charge is 0.279 e. The highest BCUT2D eigenvalue weighted by molar-refractivity contribution is 5.96. The van der Waals surface area contributed by atoms with Crippen molar-refractivity contribution < 1.29 is 19.3 Å². The van der Waals surface area contributed by atoms with Crippen LogP contribution in [0.1, 0.15) is 0 Å². The molecule has 1 saturated heterocycles. The molecule has 1 amide bonds. The van der Waals surface area contributed by atoms with Gasteiger partial charge in [-0.2, -0.15) is 0 Å². The molecule has 1 heterocycles. The third-order valence-corrected chi connectivity index (χ3v) is 5.83. The molecule has 0 atom stereocenters. The van der Waals surface area contributed by atoms with Crippen molar-refractivity contribution in [1.82, 2.24) is 0 Å². The van der Waals surface area contributed by atoms with E-state index in [4.69, 9.17) is 4.74 Å². The predicted molar refractivity (Wildman–Crippen MR) is 124 cm³/mol. The van der Waals surface area contributed by atoms with E-state index < -0.39 is 0 Å². The van der Waals surface area contributed by atoms with Crippen LogP contribution in [-0.2, 0) is 4.79 Å². The van der Waals surface area contributed by atoms with Crippen LogP contribution >= 0.6 is 0 Å². The largest absolute Gasteiger partial charge is 0.488 e. The molecule has 1 aliphatic heterocycles. The number of para-hydroxylation sites is 2. The molecule has 0 bridgehead atoms. The van der Waals surface area contributed by atoms with Crippen molar-refractivity contribution in [3.05, 3.63) is 84.9 Å². The summed E-state index contributed by atoms with van der Waals surface area (Å²) < 4.78 is 5.82. The molecule has 5 heteroatoms. The van der Waals surface area contributed by atoms with Gasteiger partial charge in [0.1, 0.15) is 45.1 Å². The summed E-state index contributed by atoms with van der Waals surface area (Å²) >= 11 is 0. The zero-order chi connectivity index (χ0) is 21.3. The van der Waals surface area contributed by atoms with E-state index in [2.05, 4.69) is 23.5 Å². The van der Waals surface area contributed by atoms with Crippen molar-refractivity contribution >= 4 is 11.6 Å². The fourth-order valence-electron chi connectivity index (χ4n) is 4.10. The summed E-state index contributed by atoms with van der Waals surface area (Å²) in [6, 6.07) is 28.2. The fraction of sp³-hybridized carbons (Fsp3) is 0.269. The van der Waals surface area contributed by atoms with E-state index in [9.17, 15) is 4.79 Å². The number of quaternary nitrogens is 2. The Bertz CT molecular complexity index is 955. The number of amides is 1. The molecule has 0 aromatic heterocycles. The maximum Gasteiger partial charge on any atom is 0.279 e. The van der Waals surface area contributed by atoms with Gasteiger partial charge in [0, 0.05) is 11.3 Å². The van der Waals surface area contributed by atoms with Gasteiger partial charge >= 0.3 is 0 Å². The molecule has 3 aromatic rings. The van der Waals surface area contributed by atoms with Crippen molar-refractivity contribution in [1.29, 1.82) is 0 Å². The molecule has 0 radical (unpaired) electrons. The lowest BCUT2D eigenvalue weighted by Crippen LogP contribution is -3.28. The van der Waals surface area contributed by atoms with Gasteiger partial charge in [-0.1, -0.05) is 66.7 Å². The van der Waals surface area contributed by atoms with Crippen LogP contribution in [0.2, 0.25) is 0 Å². The van der Waals surface area contributed by atoms with E-state index >= 15 is 0 Å². The molecular weight excluding hydrogens is 386 g/mol. The van der Waals surface area contributed by atoms with Gasteiger partial charge < -0.3 is 19.9 Å². The normalized spacial score (nSPS) is 18.3. The Kier molecular flexibility index (Phi) is 7.32. The summed E-state index contributed by atoms with van der Waals surface area (Å²) in [5.41, 5.74) is 3.04. The van der Waals surface area contributed by atoms with E-state index in [1.807, 2.05) is 66.7 Å². The summed E-state index contributed by atoms with van der Waals surface area (Å²) in [5, 5.41) is 3.13. The van der Waals surface area contributed by atoms with Crippen LogP contribution < -0.4 is 19.9 Å². The topological polar surface area (TPSA) is 47.2 Å². The first-order valence-corrected chi connectivity index (χ1v) is 11.1. The number of nitrogens with one attached hydrogen (secondary N) is 3. The standard InChI is InChI=1S/C26H29N3O2/c30-26(27-25-14-8-7-13-24(25)22-9-3-1-4-10-22)21-29-17-15-28(16-18-29)19-20-31-23-11-5-2-6-12-23/h1-14H,15-21H2,(H,27,30)/p+2. The molecule has 0 aliphatic carbocycles. The van der Waals surface area contributed by atoms with Gasteiger partial charge in [-0.3, -0.25) is 4.79 Å². The molecule has 3 N–H and O–H groups in total. The minimum atomic E-state index is 0.0780. The highest BCUT2D eigenvalue weighted by Crippen LogP contribution is 2.27. The number of hydrogen-bond donors (Lipinski definition) is 3. The average molecular weight is 418 g/mol. The van der Waals surface area contributed by atoms with Gasteiger partial charge in [0.25, 0.3) is 5.91 Å². The third-order valence-electron chi connectivity index (χ3n) is 5.83. The first-order chi connectivity index (χ1) is 15.3. The number of piperazine rings is 1. The lowest BCUT2D eigenvalue weighted by molar-refractivity contribution is -1.01. The molecule has 0 saturated carbocycles. The van der Waals surface area contributed by atoms with Crippen molar-refractivity contribution in [3.63, 3.8) is 0 Å². The number of rotatable bonds is 8. The zero-order valence-corrected chi connectivity index (χ0v) is 17.8. The molecule has 3 aromatic carbocycles. The fourth-order valence-corrected chi connectivity index (χ4v) is 4.10. The molecule has 4 rings (SSSR count). The second kappa shape index (κ2) is 10.8. The Morgan fingerprint density at radius 1 is 0.774 bits per heavy atom. The van der Waals surface area contributed by atoms with Crippen LogP contribution in [0, 0.1) is 0 Å². The molecule has 0 unspecified atom stereocenters. The molecular formula is C26H31N3O2+2. The van der Waals surface area contributed by atoms with Gasteiger partial charge in [-0.15, -0.1) is 0 Å². The number of ether oxygens (including phenoxy) is 1. The van der Waals surface area contributed by atoms with Gasteiger partial charge in [-0.25, -0.2) is 0 Å². The lowest BCUT2D eigenvalue weighted by Gasteiger charge is -2.29. The Morgan fingerprint density at radius 3 is 2.13 bits per heavy atom. The van der Waals surface area contributed by atoms with E-state index in [1.165, 1.54) is 4.90 Å². The molecule has 31 heavy (non-hydrogen) atoms. The lowest BCUT2D eigenvalue weighted by atomic mass is 10.0. The first-order valence-electron chi connectivity index (χ1n) is 11.1. The van der Waals surface area contributed by atoms with Gasteiger partial charge in [0.15, 0.2) is 6.54 Å². The zero-order valence-electron chi connectivity index (χ0n) is 17.8. The van der Waals surface area contributed by atoms with Crippen LogP contribution in [0.4, 0.5) is 5.69 Å². The third kappa shape index (κ3) is 6.17. The van der Waals surface area contributed by atoms with E-state index in [0.29, 0.717) is 6.54 Å². The van der Waals surface area contributed by atoms with Crippen molar-refractivity contribution in [3.8, 4) is 16.9 Å². The number of carbonyl (C=O) groups excluding carboxylic acids is 1. The quantitative estimate of drug-likeness (QED) is 0.515. The summed E-state index contributed by atoms with van der Waals surface area (Å²) in [5.74, 6) is 1.01. The number of benzene rings is 3. The van der Waals surface area contributed by atoms with Crippen LogP contribution in [0.5, 0.6) is 5.75 Å². The maximum absolute atomic E-state index is 12.7. The van der Waals surface area contributed by atoms with Crippen molar-refractivity contribution in [2.24, 2.45) is 0 Å². The summed E-state index contributed by atoms with van der Waals surface area (Å²) in [4.78, 5) is 15.6.